The molecule has 1 saturated heterocycles. The zero-order valence-electron chi connectivity index (χ0n) is 15.5. The molecule has 1 fully saturated rings. The number of aromatic nitrogens is 2. The Labute approximate surface area is 148 Å². The van der Waals surface area contributed by atoms with Crippen molar-refractivity contribution in [3.63, 3.8) is 0 Å². The zero-order valence-corrected chi connectivity index (χ0v) is 15.5. The summed E-state index contributed by atoms with van der Waals surface area (Å²) in [6, 6.07) is 4.09. The van der Waals surface area contributed by atoms with Crippen LogP contribution in [0.5, 0.6) is 0 Å². The summed E-state index contributed by atoms with van der Waals surface area (Å²) in [6.07, 6.45) is 4.85. The lowest BCUT2D eigenvalue weighted by molar-refractivity contribution is -0.0295. The Morgan fingerprint density at radius 3 is 2.88 bits per heavy atom. The zero-order chi connectivity index (χ0) is 18.0. The minimum Gasteiger partial charge on any atom is -0.444 e. The van der Waals surface area contributed by atoms with Crippen molar-refractivity contribution >= 4 is 17.1 Å². The van der Waals surface area contributed by atoms with Crippen LogP contribution < -0.4 is 5.32 Å². The topological polar surface area (TPSA) is 65.4 Å². The maximum atomic E-state index is 11.8. The lowest BCUT2D eigenvalue weighted by Gasteiger charge is -2.24. The van der Waals surface area contributed by atoms with Crippen molar-refractivity contribution in [1.29, 1.82) is 0 Å². The first-order valence-corrected chi connectivity index (χ1v) is 8.88. The third kappa shape index (κ3) is 4.12. The van der Waals surface area contributed by atoms with E-state index in [1.165, 1.54) is 6.42 Å². The summed E-state index contributed by atoms with van der Waals surface area (Å²) >= 11 is 0. The highest BCUT2D eigenvalue weighted by molar-refractivity contribution is 5.80. The van der Waals surface area contributed by atoms with Gasteiger partial charge in [-0.1, -0.05) is 6.07 Å². The van der Waals surface area contributed by atoms with Crippen LogP contribution in [0.15, 0.2) is 18.5 Å². The smallest absolute Gasteiger partial charge is 0.407 e. The van der Waals surface area contributed by atoms with E-state index in [2.05, 4.69) is 20.9 Å². The van der Waals surface area contributed by atoms with Crippen molar-refractivity contribution in [2.24, 2.45) is 0 Å². The van der Waals surface area contributed by atoms with Gasteiger partial charge in [-0.3, -0.25) is 0 Å². The maximum absolute atomic E-state index is 11.8. The van der Waals surface area contributed by atoms with E-state index in [0.717, 1.165) is 41.6 Å². The molecule has 2 aromatic rings. The van der Waals surface area contributed by atoms with Gasteiger partial charge in [-0.05, 0) is 64.2 Å². The normalized spacial score (nSPS) is 18.3. The molecule has 3 rings (SSSR count). The van der Waals surface area contributed by atoms with Crippen molar-refractivity contribution in [3.8, 4) is 0 Å². The number of fused-ring (bicyclic) bond motifs is 1. The average molecular weight is 345 g/mol. The Hall–Kier alpha value is -2.08. The number of alkyl carbamates (subject to hydrolysis) is 1. The van der Waals surface area contributed by atoms with E-state index in [1.807, 2.05) is 40.1 Å². The lowest BCUT2D eigenvalue weighted by Crippen LogP contribution is -2.32. The van der Waals surface area contributed by atoms with Gasteiger partial charge in [0.15, 0.2) is 0 Å². The largest absolute Gasteiger partial charge is 0.444 e. The van der Waals surface area contributed by atoms with Crippen LogP contribution in [0.1, 0.15) is 57.4 Å². The molecule has 1 aliphatic heterocycles. The molecule has 1 amide bonds. The van der Waals surface area contributed by atoms with E-state index in [1.54, 1.807) is 0 Å². The van der Waals surface area contributed by atoms with Crippen molar-refractivity contribution in [3.05, 3.63) is 29.6 Å². The summed E-state index contributed by atoms with van der Waals surface area (Å²) in [5.74, 6) is 0. The first-order valence-electron chi connectivity index (χ1n) is 8.88. The van der Waals surface area contributed by atoms with Crippen LogP contribution in [0.4, 0.5) is 4.79 Å². The molecule has 0 aliphatic carbocycles. The van der Waals surface area contributed by atoms with Crippen LogP contribution in [-0.4, -0.2) is 27.9 Å². The molecule has 25 heavy (non-hydrogen) atoms. The molecule has 0 saturated carbocycles. The molecular weight excluding hydrogens is 318 g/mol. The standard InChI is InChI=1S/C19H27N3O3/c1-13-14(11-20-18(23)25-19(2,3)4)8-9-15-17(13)21-12-22(15)16-7-5-6-10-24-16/h8-9,12,16H,5-7,10-11H2,1-4H3,(H,20,23). The summed E-state index contributed by atoms with van der Waals surface area (Å²) in [5, 5.41) is 2.81. The summed E-state index contributed by atoms with van der Waals surface area (Å²) in [7, 11) is 0. The number of nitrogens with one attached hydrogen (secondary N) is 1. The van der Waals surface area contributed by atoms with E-state index in [-0.39, 0.29) is 6.23 Å². The Balaban J connectivity index is 1.75. The van der Waals surface area contributed by atoms with Gasteiger partial charge < -0.3 is 19.4 Å². The summed E-state index contributed by atoms with van der Waals surface area (Å²) in [4.78, 5) is 16.4. The molecule has 0 bridgehead atoms. The minimum absolute atomic E-state index is 0.0730. The summed E-state index contributed by atoms with van der Waals surface area (Å²) < 4.78 is 13.3. The van der Waals surface area contributed by atoms with Crippen LogP contribution >= 0.6 is 0 Å². The van der Waals surface area contributed by atoms with Crippen LogP contribution in [0.3, 0.4) is 0 Å². The fraction of sp³-hybridized carbons (Fsp3) is 0.579. The maximum Gasteiger partial charge on any atom is 0.407 e. The quantitative estimate of drug-likeness (QED) is 0.911. The van der Waals surface area contributed by atoms with Gasteiger partial charge in [0, 0.05) is 13.2 Å². The number of nitrogens with zero attached hydrogens (tertiary/aromatic N) is 2. The number of imidazole rings is 1. The van der Waals surface area contributed by atoms with Crippen molar-refractivity contribution in [2.45, 2.75) is 65.3 Å². The van der Waals surface area contributed by atoms with E-state index in [4.69, 9.17) is 9.47 Å². The van der Waals surface area contributed by atoms with Gasteiger partial charge in [0.25, 0.3) is 0 Å². The summed E-state index contributed by atoms with van der Waals surface area (Å²) in [5.41, 5.74) is 3.64. The number of carbonyl (C=O) groups excluding carboxylic acids is 1. The Morgan fingerprint density at radius 1 is 1.40 bits per heavy atom. The van der Waals surface area contributed by atoms with Crippen LogP contribution in [-0.2, 0) is 16.0 Å². The molecule has 6 nitrogen and oxygen atoms in total. The fourth-order valence-corrected chi connectivity index (χ4v) is 3.13. The van der Waals surface area contributed by atoms with Gasteiger partial charge in [-0.25, -0.2) is 9.78 Å². The predicted molar refractivity (Wildman–Crippen MR) is 96.4 cm³/mol. The Morgan fingerprint density at radius 2 is 2.20 bits per heavy atom. The number of hydrogen-bond acceptors (Lipinski definition) is 4. The molecule has 1 atom stereocenters. The highest BCUT2D eigenvalue weighted by Crippen LogP contribution is 2.28. The molecule has 1 aliphatic rings. The van der Waals surface area contributed by atoms with E-state index in [9.17, 15) is 4.79 Å². The first-order chi connectivity index (χ1) is 11.8. The molecule has 0 radical (unpaired) electrons. The molecule has 6 heteroatoms. The summed E-state index contributed by atoms with van der Waals surface area (Å²) in [6.45, 7) is 8.82. The Kier molecular flexibility index (Phi) is 4.99. The monoisotopic (exact) mass is 345 g/mol. The first kappa shape index (κ1) is 17.7. The Bertz CT molecular complexity index is 755. The van der Waals surface area contributed by atoms with Gasteiger partial charge in [-0.15, -0.1) is 0 Å². The number of benzene rings is 1. The third-order valence-corrected chi connectivity index (χ3v) is 4.40. The average Bonchev–Trinajstić information content (AvgIpc) is 2.98. The number of ether oxygens (including phenoxy) is 2. The second kappa shape index (κ2) is 7.04. The van der Waals surface area contributed by atoms with E-state index < -0.39 is 11.7 Å². The number of aryl methyl sites for hydroxylation is 1. The van der Waals surface area contributed by atoms with Crippen LogP contribution in [0, 0.1) is 6.92 Å². The second-order valence-electron chi connectivity index (χ2n) is 7.55. The molecule has 1 unspecified atom stereocenters. The fourth-order valence-electron chi connectivity index (χ4n) is 3.13. The molecule has 1 aromatic carbocycles. The van der Waals surface area contributed by atoms with Crippen molar-refractivity contribution in [1.82, 2.24) is 14.9 Å². The van der Waals surface area contributed by atoms with Gasteiger partial charge in [0.05, 0.1) is 17.4 Å². The molecule has 2 heterocycles. The third-order valence-electron chi connectivity index (χ3n) is 4.40. The lowest BCUT2D eigenvalue weighted by atomic mass is 10.1. The van der Waals surface area contributed by atoms with Gasteiger partial charge in [0.2, 0.25) is 0 Å². The number of rotatable bonds is 3. The van der Waals surface area contributed by atoms with Crippen molar-refractivity contribution < 1.29 is 14.3 Å². The molecule has 1 N–H and O–H groups in total. The van der Waals surface area contributed by atoms with Gasteiger partial charge in [-0.2, -0.15) is 0 Å². The highest BCUT2D eigenvalue weighted by atomic mass is 16.6. The second-order valence-corrected chi connectivity index (χ2v) is 7.55. The molecular formula is C19H27N3O3. The number of amides is 1. The van der Waals surface area contributed by atoms with Crippen LogP contribution in [0.25, 0.3) is 11.0 Å². The van der Waals surface area contributed by atoms with E-state index in [0.29, 0.717) is 6.54 Å². The van der Waals surface area contributed by atoms with Crippen molar-refractivity contribution in [2.75, 3.05) is 6.61 Å². The SMILES string of the molecule is Cc1c(CNC(=O)OC(C)(C)C)ccc2c1ncn2C1CCCCO1. The predicted octanol–water partition coefficient (Wildman–Crippen LogP) is 4.07. The highest BCUT2D eigenvalue weighted by Gasteiger charge is 2.20. The number of hydrogen-bond donors (Lipinski definition) is 1. The molecule has 1 aromatic heterocycles. The van der Waals surface area contributed by atoms with Crippen LogP contribution in [0.2, 0.25) is 0 Å². The number of carbonyl (C=O) groups is 1. The van der Waals surface area contributed by atoms with Gasteiger partial charge in [0.1, 0.15) is 11.8 Å². The molecule has 136 valence electrons. The van der Waals surface area contributed by atoms with Gasteiger partial charge >= 0.3 is 6.09 Å². The molecule has 0 spiro atoms. The minimum atomic E-state index is -0.498. The van der Waals surface area contributed by atoms with E-state index >= 15 is 0 Å².